The summed E-state index contributed by atoms with van der Waals surface area (Å²) in [5.41, 5.74) is 4.53. The molecule has 0 saturated heterocycles. The normalized spacial score (nSPS) is 13.3. The molecule has 3 nitrogen and oxygen atoms in total. The van der Waals surface area contributed by atoms with E-state index in [1.54, 1.807) is 0 Å². The summed E-state index contributed by atoms with van der Waals surface area (Å²) >= 11 is 0. The van der Waals surface area contributed by atoms with Crippen LogP contribution in [0.5, 0.6) is 0 Å². The minimum atomic E-state index is -0.364. The van der Waals surface area contributed by atoms with Gasteiger partial charge in [0, 0.05) is 6.08 Å². The average molecular weight is 332 g/mol. The van der Waals surface area contributed by atoms with Gasteiger partial charge in [0.15, 0.2) is 0 Å². The molecule has 0 rings (SSSR count). The van der Waals surface area contributed by atoms with Gasteiger partial charge in [-0.05, 0) is 64.5 Å². The molecule has 0 spiro atoms. The third-order valence-corrected chi connectivity index (χ3v) is 3.49. The van der Waals surface area contributed by atoms with Gasteiger partial charge < -0.3 is 9.84 Å². The van der Waals surface area contributed by atoms with Gasteiger partial charge in [0.1, 0.15) is 0 Å². The van der Waals surface area contributed by atoms with Crippen molar-refractivity contribution in [2.24, 2.45) is 0 Å². The van der Waals surface area contributed by atoms with Crippen LogP contribution in [-0.2, 0) is 9.53 Å². The van der Waals surface area contributed by atoms with Gasteiger partial charge in [-0.2, -0.15) is 0 Å². The second-order valence-electron chi connectivity index (χ2n) is 6.16. The quantitative estimate of drug-likeness (QED) is 0.263. The number of esters is 1. The zero-order valence-corrected chi connectivity index (χ0v) is 15.8. The Balaban J connectivity index is 4.42. The second kappa shape index (κ2) is 13.6. The van der Waals surface area contributed by atoms with Gasteiger partial charge in [-0.3, -0.25) is 0 Å². The maximum absolute atomic E-state index is 11.1. The number of aliphatic hydroxyl groups is 1. The highest BCUT2D eigenvalue weighted by Crippen LogP contribution is 2.11. The van der Waals surface area contributed by atoms with Crippen molar-refractivity contribution in [2.45, 2.75) is 53.4 Å². The first kappa shape index (κ1) is 22.1. The fraction of sp³-hybridized carbons (Fsp3) is 0.476. The fourth-order valence-electron chi connectivity index (χ4n) is 2.04. The maximum atomic E-state index is 11.1. The van der Waals surface area contributed by atoms with Gasteiger partial charge in [0.05, 0.1) is 13.7 Å². The van der Waals surface area contributed by atoms with Crippen LogP contribution >= 0.6 is 0 Å². The van der Waals surface area contributed by atoms with Gasteiger partial charge >= 0.3 is 5.97 Å². The van der Waals surface area contributed by atoms with Gasteiger partial charge in [-0.25, -0.2) is 4.79 Å². The van der Waals surface area contributed by atoms with E-state index >= 15 is 0 Å². The maximum Gasteiger partial charge on any atom is 0.330 e. The number of ether oxygens (including phenoxy) is 1. The Hall–Kier alpha value is -1.87. The summed E-state index contributed by atoms with van der Waals surface area (Å²) in [7, 11) is 1.36. The summed E-state index contributed by atoms with van der Waals surface area (Å²) < 4.78 is 4.57. The minimum Gasteiger partial charge on any atom is -0.466 e. The van der Waals surface area contributed by atoms with Crippen molar-refractivity contribution in [1.82, 2.24) is 0 Å². The molecule has 134 valence electrons. The molecule has 0 heterocycles. The number of methoxy groups -OCH3 is 1. The molecule has 0 aromatic heterocycles. The zero-order valence-electron chi connectivity index (χ0n) is 15.8. The van der Waals surface area contributed by atoms with E-state index in [2.05, 4.69) is 37.7 Å². The van der Waals surface area contributed by atoms with E-state index in [-0.39, 0.29) is 12.6 Å². The summed E-state index contributed by atoms with van der Waals surface area (Å²) in [4.78, 5) is 11.1. The first-order valence-electron chi connectivity index (χ1n) is 8.41. The van der Waals surface area contributed by atoms with E-state index in [0.29, 0.717) is 0 Å². The third-order valence-electron chi connectivity index (χ3n) is 3.49. The molecule has 0 aliphatic rings. The predicted octanol–water partition coefficient (Wildman–Crippen LogP) is 5.05. The van der Waals surface area contributed by atoms with Crippen LogP contribution in [0.15, 0.2) is 58.7 Å². The summed E-state index contributed by atoms with van der Waals surface area (Å²) in [6, 6.07) is 0. The first-order chi connectivity index (χ1) is 11.4. The average Bonchev–Trinajstić information content (AvgIpc) is 2.52. The van der Waals surface area contributed by atoms with Crippen molar-refractivity contribution >= 4 is 5.97 Å². The van der Waals surface area contributed by atoms with Crippen molar-refractivity contribution in [3.63, 3.8) is 0 Å². The highest BCUT2D eigenvalue weighted by Gasteiger charge is 1.95. The molecule has 0 atom stereocenters. The number of hydrogen-bond donors (Lipinski definition) is 1. The van der Waals surface area contributed by atoms with Gasteiger partial charge in [-0.15, -0.1) is 0 Å². The number of carbonyl (C=O) groups is 1. The number of hydrogen-bond acceptors (Lipinski definition) is 3. The van der Waals surface area contributed by atoms with Crippen molar-refractivity contribution < 1.29 is 14.6 Å². The Morgan fingerprint density at radius 2 is 1.71 bits per heavy atom. The Bertz CT molecular complexity index is 527. The molecule has 0 amide bonds. The summed E-state index contributed by atoms with van der Waals surface area (Å²) in [5.74, 6) is -0.364. The molecule has 0 aliphatic carbocycles. The molecule has 1 N–H and O–H groups in total. The summed E-state index contributed by atoms with van der Waals surface area (Å²) in [5, 5.41) is 9.42. The third kappa shape index (κ3) is 12.7. The van der Waals surface area contributed by atoms with Crippen molar-refractivity contribution in [2.75, 3.05) is 13.7 Å². The summed E-state index contributed by atoms with van der Waals surface area (Å²) in [6.07, 6.45) is 15.4. The number of carbonyl (C=O) groups excluding carboxylic acids is 1. The first-order valence-corrected chi connectivity index (χ1v) is 8.41. The topological polar surface area (TPSA) is 46.5 Å². The number of allylic oxidation sites excluding steroid dienone is 8. The number of aliphatic hydroxyl groups excluding tert-OH is 1. The highest BCUT2D eigenvalue weighted by atomic mass is 16.5. The van der Waals surface area contributed by atoms with E-state index in [4.69, 9.17) is 0 Å². The molecule has 3 heteroatoms. The molecule has 24 heavy (non-hydrogen) atoms. The van der Waals surface area contributed by atoms with Crippen LogP contribution in [0.3, 0.4) is 0 Å². The molecule has 0 fully saturated rings. The van der Waals surface area contributed by atoms with Gasteiger partial charge in [0.2, 0.25) is 0 Å². The van der Waals surface area contributed by atoms with E-state index < -0.39 is 0 Å². The lowest BCUT2D eigenvalue weighted by Crippen LogP contribution is -1.94. The Labute approximate surface area is 147 Å². The molecule has 0 bridgehead atoms. The second-order valence-corrected chi connectivity index (χ2v) is 6.16. The lowest BCUT2D eigenvalue weighted by atomic mass is 10.1. The van der Waals surface area contributed by atoms with Crippen LogP contribution in [0.4, 0.5) is 0 Å². The molecule has 0 aromatic carbocycles. The van der Waals surface area contributed by atoms with Crippen LogP contribution in [-0.4, -0.2) is 24.8 Å². The molecular weight excluding hydrogens is 300 g/mol. The highest BCUT2D eigenvalue weighted by molar-refractivity contribution is 5.83. The molecule has 0 aliphatic heterocycles. The van der Waals surface area contributed by atoms with Crippen LogP contribution < -0.4 is 0 Å². The Morgan fingerprint density at radius 1 is 1.04 bits per heavy atom. The number of rotatable bonds is 10. The minimum absolute atomic E-state index is 0.0504. The van der Waals surface area contributed by atoms with E-state index in [1.807, 2.05) is 25.2 Å². The van der Waals surface area contributed by atoms with Crippen LogP contribution in [0, 0.1) is 0 Å². The Morgan fingerprint density at radius 3 is 2.29 bits per heavy atom. The zero-order chi connectivity index (χ0) is 18.4. The largest absolute Gasteiger partial charge is 0.466 e. The smallest absolute Gasteiger partial charge is 0.330 e. The lowest BCUT2D eigenvalue weighted by Gasteiger charge is -2.02. The SMILES string of the molecule is COC(=O)C=C(C)C=CC=C(CO)CCC=C(C)CCC=C(C)C. The van der Waals surface area contributed by atoms with Gasteiger partial charge in [-0.1, -0.05) is 41.5 Å². The molecule has 0 unspecified atom stereocenters. The van der Waals surface area contributed by atoms with Crippen LogP contribution in [0.25, 0.3) is 0 Å². The molecule has 0 radical (unpaired) electrons. The van der Waals surface area contributed by atoms with Crippen LogP contribution in [0.1, 0.15) is 53.4 Å². The van der Waals surface area contributed by atoms with E-state index in [9.17, 15) is 9.90 Å². The standard InChI is InChI=1S/C21H32O3/c1-17(2)9-6-10-18(3)11-7-13-20(16-22)14-8-12-19(4)15-21(23)24-5/h8-9,11-12,14-15,22H,6-7,10,13,16H2,1-5H3. The Kier molecular flexibility index (Phi) is 12.5. The van der Waals surface area contributed by atoms with E-state index in [1.165, 1.54) is 24.3 Å². The fourth-order valence-corrected chi connectivity index (χ4v) is 2.04. The van der Waals surface area contributed by atoms with Crippen molar-refractivity contribution in [3.8, 4) is 0 Å². The molecular formula is C21H32O3. The summed E-state index contributed by atoms with van der Waals surface area (Å²) in [6.45, 7) is 8.27. The monoisotopic (exact) mass is 332 g/mol. The van der Waals surface area contributed by atoms with Crippen molar-refractivity contribution in [1.29, 1.82) is 0 Å². The van der Waals surface area contributed by atoms with Crippen LogP contribution in [0.2, 0.25) is 0 Å². The molecule has 0 aromatic rings. The van der Waals surface area contributed by atoms with E-state index in [0.717, 1.165) is 36.8 Å². The van der Waals surface area contributed by atoms with Gasteiger partial charge in [0.25, 0.3) is 0 Å². The lowest BCUT2D eigenvalue weighted by molar-refractivity contribution is -0.134. The molecule has 0 saturated carbocycles. The predicted molar refractivity (Wildman–Crippen MR) is 102 cm³/mol. The van der Waals surface area contributed by atoms with Crippen molar-refractivity contribution in [3.05, 3.63) is 58.7 Å².